The van der Waals surface area contributed by atoms with E-state index < -0.39 is 0 Å². The Morgan fingerprint density at radius 2 is 1.92 bits per heavy atom. The summed E-state index contributed by atoms with van der Waals surface area (Å²) in [6.07, 6.45) is 8.42. The first kappa shape index (κ1) is 17.2. The summed E-state index contributed by atoms with van der Waals surface area (Å²) >= 11 is 1.84. The first-order chi connectivity index (χ1) is 12.3. The van der Waals surface area contributed by atoms with Crippen molar-refractivity contribution in [3.8, 4) is 11.3 Å². The van der Waals surface area contributed by atoms with E-state index in [-0.39, 0.29) is 0 Å². The molecule has 0 spiro atoms. The van der Waals surface area contributed by atoms with Gasteiger partial charge in [-0.3, -0.25) is 0 Å². The maximum Gasteiger partial charge on any atom is 0.0964 e. The van der Waals surface area contributed by atoms with Gasteiger partial charge in [0.15, 0.2) is 0 Å². The molecule has 3 nitrogen and oxygen atoms in total. The van der Waals surface area contributed by atoms with E-state index in [0.717, 1.165) is 31.7 Å². The van der Waals surface area contributed by atoms with Gasteiger partial charge in [-0.2, -0.15) is 0 Å². The zero-order valence-electron chi connectivity index (χ0n) is 14.9. The lowest BCUT2D eigenvalue weighted by molar-refractivity contribution is 0.187. The molecule has 2 heterocycles. The fraction of sp³-hybridized carbons (Fsp3) is 0.571. The predicted octanol–water partition coefficient (Wildman–Crippen LogP) is 4.25. The van der Waals surface area contributed by atoms with E-state index >= 15 is 0 Å². The molecule has 1 aromatic heterocycles. The van der Waals surface area contributed by atoms with Crippen molar-refractivity contribution >= 4 is 11.3 Å². The summed E-state index contributed by atoms with van der Waals surface area (Å²) < 4.78 is 0. The average Bonchev–Trinajstić information content (AvgIpc) is 3.16. The lowest BCUT2D eigenvalue weighted by Crippen LogP contribution is -2.34. The molecule has 1 fully saturated rings. The van der Waals surface area contributed by atoms with Crippen LogP contribution in [0.3, 0.4) is 0 Å². The minimum absolute atomic E-state index is 0.302. The Morgan fingerprint density at radius 1 is 1.12 bits per heavy atom. The van der Waals surface area contributed by atoms with Gasteiger partial charge >= 0.3 is 0 Å². The van der Waals surface area contributed by atoms with Gasteiger partial charge < -0.3 is 10.0 Å². The lowest BCUT2D eigenvalue weighted by atomic mass is 9.90. The predicted molar refractivity (Wildman–Crippen MR) is 104 cm³/mol. The van der Waals surface area contributed by atoms with Gasteiger partial charge in [-0.05, 0) is 75.2 Å². The third-order valence-electron chi connectivity index (χ3n) is 5.74. The molecule has 0 amide bonds. The van der Waals surface area contributed by atoms with Crippen LogP contribution in [0.2, 0.25) is 0 Å². The number of hydrogen-bond donors (Lipinski definition) is 1. The van der Waals surface area contributed by atoms with Gasteiger partial charge in [-0.15, -0.1) is 11.3 Å². The van der Waals surface area contributed by atoms with Crippen molar-refractivity contribution in [3.63, 3.8) is 0 Å². The monoisotopic (exact) mass is 356 g/mol. The molecule has 0 bridgehead atoms. The zero-order valence-corrected chi connectivity index (χ0v) is 15.7. The molecule has 4 rings (SSSR count). The number of rotatable bonds is 5. The molecule has 1 aromatic carbocycles. The Hall–Kier alpha value is -1.23. The van der Waals surface area contributed by atoms with Gasteiger partial charge in [0, 0.05) is 30.0 Å². The summed E-state index contributed by atoms with van der Waals surface area (Å²) in [5.74, 6) is 0.613. The van der Waals surface area contributed by atoms with E-state index in [4.69, 9.17) is 10.1 Å². The van der Waals surface area contributed by atoms with E-state index in [0.29, 0.717) is 12.5 Å². The van der Waals surface area contributed by atoms with Crippen molar-refractivity contribution in [1.82, 2.24) is 9.88 Å². The molecule has 25 heavy (non-hydrogen) atoms. The number of thiazole rings is 1. The van der Waals surface area contributed by atoms with Gasteiger partial charge in [-0.25, -0.2) is 4.98 Å². The van der Waals surface area contributed by atoms with Gasteiger partial charge in [0.2, 0.25) is 0 Å². The summed E-state index contributed by atoms with van der Waals surface area (Å²) in [4.78, 5) is 7.48. The van der Waals surface area contributed by atoms with Gasteiger partial charge in [-0.1, -0.05) is 12.1 Å². The fourth-order valence-corrected chi connectivity index (χ4v) is 5.20. The Bertz CT molecular complexity index is 704. The summed E-state index contributed by atoms with van der Waals surface area (Å²) in [5, 5.41) is 12.5. The van der Waals surface area contributed by atoms with Crippen LogP contribution in [0.4, 0.5) is 0 Å². The molecule has 2 aliphatic rings. The molecule has 0 atom stereocenters. The number of aliphatic hydroxyl groups is 1. The zero-order chi connectivity index (χ0) is 17.1. The highest BCUT2D eigenvalue weighted by Crippen LogP contribution is 2.34. The van der Waals surface area contributed by atoms with Crippen LogP contribution in [0.25, 0.3) is 11.3 Å². The van der Waals surface area contributed by atoms with Crippen molar-refractivity contribution in [2.45, 2.75) is 50.9 Å². The van der Waals surface area contributed by atoms with Crippen LogP contribution in [-0.4, -0.2) is 41.2 Å². The first-order valence-corrected chi connectivity index (χ1v) is 10.6. The van der Waals surface area contributed by atoms with Crippen molar-refractivity contribution in [2.75, 3.05) is 26.2 Å². The van der Waals surface area contributed by atoms with Crippen LogP contribution in [-0.2, 0) is 12.8 Å². The van der Waals surface area contributed by atoms with E-state index in [1.54, 1.807) is 5.56 Å². The van der Waals surface area contributed by atoms with Crippen LogP contribution < -0.4 is 0 Å². The normalized spacial score (nSPS) is 19.1. The Balaban J connectivity index is 1.42. The van der Waals surface area contributed by atoms with Crippen molar-refractivity contribution in [3.05, 3.63) is 39.7 Å². The van der Waals surface area contributed by atoms with Crippen molar-refractivity contribution in [1.29, 1.82) is 0 Å². The highest BCUT2D eigenvalue weighted by Gasteiger charge is 2.23. The Labute approximate surface area is 154 Å². The number of aromatic nitrogens is 1. The quantitative estimate of drug-likeness (QED) is 0.870. The van der Waals surface area contributed by atoms with Gasteiger partial charge in [0.05, 0.1) is 10.7 Å². The minimum Gasteiger partial charge on any atom is -0.396 e. The second kappa shape index (κ2) is 7.98. The molecule has 1 aliphatic heterocycles. The molecular weight excluding hydrogens is 328 g/mol. The molecule has 134 valence electrons. The molecule has 0 saturated carbocycles. The SMILES string of the molecule is OCCCN1CCC(c2nc(-c3ccc4c(c3)CCCC4)cs2)CC1. The number of likely N-dealkylation sites (tertiary alicyclic amines) is 1. The number of aliphatic hydroxyl groups excluding tert-OH is 1. The molecule has 0 radical (unpaired) electrons. The summed E-state index contributed by atoms with van der Waals surface area (Å²) in [7, 11) is 0. The number of piperidine rings is 1. The Kier molecular flexibility index (Phi) is 5.49. The smallest absolute Gasteiger partial charge is 0.0964 e. The van der Waals surface area contributed by atoms with Crippen molar-refractivity contribution < 1.29 is 5.11 Å². The van der Waals surface area contributed by atoms with Gasteiger partial charge in [0.1, 0.15) is 0 Å². The van der Waals surface area contributed by atoms with E-state index in [1.807, 2.05) is 11.3 Å². The number of fused-ring (bicyclic) bond motifs is 1. The molecule has 1 N–H and O–H groups in total. The standard InChI is InChI=1S/C21H28N2OS/c24-13-3-10-23-11-8-17(9-12-23)21-22-20(15-25-21)19-7-6-16-4-1-2-5-18(16)14-19/h6-7,14-15,17,24H,1-5,8-13H2. The van der Waals surface area contributed by atoms with Crippen LogP contribution in [0.1, 0.15) is 54.2 Å². The van der Waals surface area contributed by atoms with Crippen LogP contribution in [0.5, 0.6) is 0 Å². The van der Waals surface area contributed by atoms with E-state index in [1.165, 1.54) is 54.7 Å². The number of hydrogen-bond acceptors (Lipinski definition) is 4. The maximum absolute atomic E-state index is 8.98. The first-order valence-electron chi connectivity index (χ1n) is 9.74. The largest absolute Gasteiger partial charge is 0.396 e. The van der Waals surface area contributed by atoms with Crippen molar-refractivity contribution in [2.24, 2.45) is 0 Å². The second-order valence-corrected chi connectivity index (χ2v) is 8.34. The second-order valence-electron chi connectivity index (χ2n) is 7.45. The van der Waals surface area contributed by atoms with E-state index in [2.05, 4.69) is 28.5 Å². The fourth-order valence-electron chi connectivity index (χ4n) is 4.20. The summed E-state index contributed by atoms with van der Waals surface area (Å²) in [5.41, 5.74) is 5.54. The van der Waals surface area contributed by atoms with E-state index in [9.17, 15) is 0 Å². The highest BCUT2D eigenvalue weighted by atomic mass is 32.1. The Morgan fingerprint density at radius 3 is 2.72 bits per heavy atom. The van der Waals surface area contributed by atoms with Crippen LogP contribution in [0.15, 0.2) is 23.6 Å². The molecular formula is C21H28N2OS. The third kappa shape index (κ3) is 3.97. The van der Waals surface area contributed by atoms with Crippen LogP contribution >= 0.6 is 11.3 Å². The van der Waals surface area contributed by atoms with Gasteiger partial charge in [0.25, 0.3) is 0 Å². The molecule has 1 aliphatic carbocycles. The summed E-state index contributed by atoms with van der Waals surface area (Å²) in [6, 6.07) is 6.97. The maximum atomic E-state index is 8.98. The third-order valence-corrected chi connectivity index (χ3v) is 6.74. The molecule has 2 aromatic rings. The molecule has 1 saturated heterocycles. The molecule has 4 heteroatoms. The topological polar surface area (TPSA) is 36.4 Å². The number of benzene rings is 1. The minimum atomic E-state index is 0.302. The average molecular weight is 357 g/mol. The van der Waals surface area contributed by atoms with Crippen LogP contribution in [0, 0.1) is 0 Å². The number of nitrogens with zero attached hydrogens (tertiary/aromatic N) is 2. The highest BCUT2D eigenvalue weighted by molar-refractivity contribution is 7.10. The number of aryl methyl sites for hydroxylation is 2. The molecule has 0 unspecified atom stereocenters. The summed E-state index contributed by atoms with van der Waals surface area (Å²) in [6.45, 7) is 3.61. The lowest BCUT2D eigenvalue weighted by Gasteiger charge is -2.30.